The summed E-state index contributed by atoms with van der Waals surface area (Å²) < 4.78 is 44.2. The first kappa shape index (κ1) is 14.7. The predicted molar refractivity (Wildman–Crippen MR) is 71.8 cm³/mol. The first-order valence-corrected chi connectivity index (χ1v) is 5.81. The number of carbonyl (C=O) groups is 1. The van der Waals surface area contributed by atoms with Gasteiger partial charge in [-0.2, -0.15) is 0 Å². The van der Waals surface area contributed by atoms with Crippen molar-refractivity contribution in [3.8, 4) is 0 Å². The van der Waals surface area contributed by atoms with Crippen LogP contribution < -0.4 is 11.1 Å². The Balaban J connectivity index is 2.44. The molecule has 2 aromatic carbocycles. The third kappa shape index (κ3) is 3.07. The van der Waals surface area contributed by atoms with Crippen molar-refractivity contribution in [3.63, 3.8) is 0 Å². The van der Waals surface area contributed by atoms with Gasteiger partial charge in [-0.15, -0.1) is 0 Å². The number of hydrogen-bond acceptors (Lipinski definition) is 4. The normalized spacial score (nSPS) is 10.3. The number of ether oxygens (including phenoxy) is 1. The van der Waals surface area contributed by atoms with Crippen LogP contribution in [0.2, 0.25) is 0 Å². The lowest BCUT2D eigenvalue weighted by atomic mass is 10.1. The zero-order valence-electron chi connectivity index (χ0n) is 10.9. The van der Waals surface area contributed by atoms with E-state index in [-0.39, 0.29) is 16.9 Å². The molecule has 110 valence electrons. The van der Waals surface area contributed by atoms with Crippen molar-refractivity contribution in [2.45, 2.75) is 0 Å². The number of methoxy groups -OCH3 is 1. The van der Waals surface area contributed by atoms with Crippen LogP contribution in [-0.4, -0.2) is 13.1 Å². The van der Waals surface area contributed by atoms with Gasteiger partial charge in [0.1, 0.15) is 5.82 Å². The van der Waals surface area contributed by atoms with Gasteiger partial charge in [-0.05, 0) is 18.2 Å². The van der Waals surface area contributed by atoms with Gasteiger partial charge >= 0.3 is 5.97 Å². The summed E-state index contributed by atoms with van der Waals surface area (Å²) in [6.07, 6.45) is 0. The topological polar surface area (TPSA) is 64.3 Å². The fraction of sp³-hybridized carbons (Fsp3) is 0.0714. The van der Waals surface area contributed by atoms with Gasteiger partial charge < -0.3 is 15.8 Å². The lowest BCUT2D eigenvalue weighted by Gasteiger charge is -2.12. The maximum absolute atomic E-state index is 13.6. The van der Waals surface area contributed by atoms with E-state index >= 15 is 0 Å². The summed E-state index contributed by atoms with van der Waals surface area (Å²) >= 11 is 0. The molecule has 0 aliphatic carbocycles. The van der Waals surface area contributed by atoms with Crippen molar-refractivity contribution < 1.29 is 22.7 Å². The van der Waals surface area contributed by atoms with E-state index in [9.17, 15) is 18.0 Å². The molecule has 0 heterocycles. The first-order chi connectivity index (χ1) is 9.92. The standard InChI is InChI=1S/C14H11F3N2O2/c1-21-14(20)8-4-7(18)2-3-12(8)19-13-6-10(16)9(15)5-11(13)17/h2-6,19H,18H2,1H3. The first-order valence-electron chi connectivity index (χ1n) is 5.81. The number of anilines is 3. The Hall–Kier alpha value is -2.70. The Morgan fingerprint density at radius 3 is 2.38 bits per heavy atom. The maximum atomic E-state index is 13.6. The van der Waals surface area contributed by atoms with Crippen molar-refractivity contribution in [2.24, 2.45) is 0 Å². The number of nitrogens with one attached hydrogen (secondary N) is 1. The molecule has 0 atom stereocenters. The molecule has 0 amide bonds. The summed E-state index contributed by atoms with van der Waals surface area (Å²) in [5, 5.41) is 2.51. The van der Waals surface area contributed by atoms with E-state index in [1.54, 1.807) is 0 Å². The molecule has 7 heteroatoms. The largest absolute Gasteiger partial charge is 0.465 e. The molecule has 21 heavy (non-hydrogen) atoms. The van der Waals surface area contributed by atoms with Crippen molar-refractivity contribution in [1.29, 1.82) is 0 Å². The number of hydrogen-bond donors (Lipinski definition) is 2. The molecule has 0 aliphatic heterocycles. The Labute approximate surface area is 118 Å². The second-order valence-electron chi connectivity index (χ2n) is 4.17. The highest BCUT2D eigenvalue weighted by atomic mass is 19.2. The SMILES string of the molecule is COC(=O)c1cc(N)ccc1Nc1cc(F)c(F)cc1F. The van der Waals surface area contributed by atoms with E-state index < -0.39 is 23.4 Å². The zero-order valence-corrected chi connectivity index (χ0v) is 10.9. The van der Waals surface area contributed by atoms with Crippen molar-refractivity contribution in [1.82, 2.24) is 0 Å². The molecule has 0 spiro atoms. The van der Waals surface area contributed by atoms with E-state index in [4.69, 9.17) is 5.73 Å². The summed E-state index contributed by atoms with van der Waals surface area (Å²) in [6.45, 7) is 0. The average Bonchev–Trinajstić information content (AvgIpc) is 2.45. The lowest BCUT2D eigenvalue weighted by molar-refractivity contribution is 0.0602. The monoisotopic (exact) mass is 296 g/mol. The minimum atomic E-state index is -1.30. The molecule has 2 rings (SSSR count). The molecular weight excluding hydrogens is 285 g/mol. The van der Waals surface area contributed by atoms with Crippen LogP contribution in [0.25, 0.3) is 0 Å². The van der Waals surface area contributed by atoms with Gasteiger partial charge in [0.2, 0.25) is 0 Å². The number of halogens is 3. The average molecular weight is 296 g/mol. The number of benzene rings is 2. The van der Waals surface area contributed by atoms with Gasteiger partial charge in [0, 0.05) is 17.8 Å². The number of esters is 1. The number of nitrogen functional groups attached to an aromatic ring is 1. The third-order valence-electron chi connectivity index (χ3n) is 2.73. The van der Waals surface area contributed by atoms with Crippen LogP contribution >= 0.6 is 0 Å². The molecule has 3 N–H and O–H groups in total. The van der Waals surface area contributed by atoms with Crippen LogP contribution in [0.1, 0.15) is 10.4 Å². The minimum absolute atomic E-state index is 0.0432. The highest BCUT2D eigenvalue weighted by Gasteiger charge is 2.15. The second kappa shape index (κ2) is 5.74. The van der Waals surface area contributed by atoms with E-state index in [1.165, 1.54) is 25.3 Å². The van der Waals surface area contributed by atoms with Crippen LogP contribution in [-0.2, 0) is 4.74 Å². The van der Waals surface area contributed by atoms with Crippen LogP contribution in [0, 0.1) is 17.5 Å². The van der Waals surface area contributed by atoms with Gasteiger partial charge in [0.05, 0.1) is 24.0 Å². The summed E-state index contributed by atoms with van der Waals surface area (Å²) in [5.41, 5.74) is 5.75. The zero-order chi connectivity index (χ0) is 15.6. The van der Waals surface area contributed by atoms with Crippen LogP contribution in [0.5, 0.6) is 0 Å². The molecule has 0 aliphatic rings. The minimum Gasteiger partial charge on any atom is -0.465 e. The molecule has 4 nitrogen and oxygen atoms in total. The number of carbonyl (C=O) groups excluding carboxylic acids is 1. The Kier molecular flexibility index (Phi) is 4.02. The van der Waals surface area contributed by atoms with Gasteiger partial charge in [0.15, 0.2) is 11.6 Å². The van der Waals surface area contributed by atoms with Crippen LogP contribution in [0.15, 0.2) is 30.3 Å². The fourth-order valence-corrected chi connectivity index (χ4v) is 1.71. The third-order valence-corrected chi connectivity index (χ3v) is 2.73. The molecule has 2 aromatic rings. The highest BCUT2D eigenvalue weighted by Crippen LogP contribution is 2.27. The Morgan fingerprint density at radius 1 is 1.05 bits per heavy atom. The van der Waals surface area contributed by atoms with E-state index in [0.29, 0.717) is 17.8 Å². The summed E-state index contributed by atoms with van der Waals surface area (Å²) in [5.74, 6) is -4.22. The summed E-state index contributed by atoms with van der Waals surface area (Å²) in [6, 6.07) is 5.26. The molecule has 0 radical (unpaired) electrons. The predicted octanol–water partition coefficient (Wildman–Crippen LogP) is 3.22. The van der Waals surface area contributed by atoms with Gasteiger partial charge in [0.25, 0.3) is 0 Å². The summed E-state index contributed by atoms with van der Waals surface area (Å²) in [4.78, 5) is 11.6. The number of rotatable bonds is 3. The Morgan fingerprint density at radius 2 is 1.71 bits per heavy atom. The van der Waals surface area contributed by atoms with Crippen molar-refractivity contribution in [2.75, 3.05) is 18.2 Å². The van der Waals surface area contributed by atoms with Crippen molar-refractivity contribution in [3.05, 3.63) is 53.3 Å². The van der Waals surface area contributed by atoms with Crippen molar-refractivity contribution >= 4 is 23.0 Å². The highest BCUT2D eigenvalue weighted by molar-refractivity contribution is 5.97. The Bertz CT molecular complexity index is 705. The van der Waals surface area contributed by atoms with Gasteiger partial charge in [-0.1, -0.05) is 0 Å². The summed E-state index contributed by atoms with van der Waals surface area (Å²) in [7, 11) is 1.17. The maximum Gasteiger partial charge on any atom is 0.340 e. The molecule has 0 saturated heterocycles. The molecule has 0 bridgehead atoms. The molecular formula is C14H11F3N2O2. The van der Waals surface area contributed by atoms with Crippen LogP contribution in [0.4, 0.5) is 30.2 Å². The molecule has 0 fully saturated rings. The van der Waals surface area contributed by atoms with Crippen LogP contribution in [0.3, 0.4) is 0 Å². The van der Waals surface area contributed by atoms with E-state index in [2.05, 4.69) is 10.1 Å². The molecule has 0 unspecified atom stereocenters. The van der Waals surface area contributed by atoms with Gasteiger partial charge in [-0.25, -0.2) is 18.0 Å². The quantitative estimate of drug-likeness (QED) is 0.518. The fourth-order valence-electron chi connectivity index (χ4n) is 1.71. The van der Waals surface area contributed by atoms with E-state index in [0.717, 1.165) is 0 Å². The lowest BCUT2D eigenvalue weighted by Crippen LogP contribution is -2.07. The number of nitrogens with two attached hydrogens (primary N) is 1. The smallest absolute Gasteiger partial charge is 0.340 e. The van der Waals surface area contributed by atoms with E-state index in [1.807, 2.05) is 0 Å². The molecule has 0 saturated carbocycles. The second-order valence-corrected chi connectivity index (χ2v) is 4.17. The van der Waals surface area contributed by atoms with Gasteiger partial charge in [-0.3, -0.25) is 0 Å². The molecule has 0 aromatic heterocycles.